The van der Waals surface area contributed by atoms with E-state index in [0.717, 1.165) is 5.56 Å². The molecule has 0 saturated heterocycles. The first-order valence-corrected chi connectivity index (χ1v) is 3.25. The SMILES string of the molecule is [C-]#[N+]c1cc(C)cc(Cl)c1. The van der Waals surface area contributed by atoms with E-state index in [-0.39, 0.29) is 0 Å². The lowest BCUT2D eigenvalue weighted by molar-refractivity contribution is 1.48. The van der Waals surface area contributed by atoms with Crippen molar-refractivity contribution in [3.8, 4) is 0 Å². The van der Waals surface area contributed by atoms with Crippen LogP contribution >= 0.6 is 11.6 Å². The second kappa shape index (κ2) is 2.72. The van der Waals surface area contributed by atoms with Crippen molar-refractivity contribution in [3.63, 3.8) is 0 Å². The highest BCUT2D eigenvalue weighted by Crippen LogP contribution is 2.20. The van der Waals surface area contributed by atoms with E-state index in [1.54, 1.807) is 12.1 Å². The van der Waals surface area contributed by atoms with Crippen LogP contribution in [-0.4, -0.2) is 0 Å². The summed E-state index contributed by atoms with van der Waals surface area (Å²) in [6.45, 7) is 8.62. The monoisotopic (exact) mass is 151 g/mol. The van der Waals surface area contributed by atoms with Gasteiger partial charge in [-0.25, -0.2) is 4.85 Å². The Morgan fingerprint density at radius 3 is 2.60 bits per heavy atom. The second-order valence-corrected chi connectivity index (χ2v) is 2.54. The summed E-state index contributed by atoms with van der Waals surface area (Å²) in [5, 5.41) is 0.631. The molecule has 50 valence electrons. The first-order chi connectivity index (χ1) is 4.72. The molecule has 0 aromatic heterocycles. The van der Waals surface area contributed by atoms with Crippen LogP contribution in [0.1, 0.15) is 5.56 Å². The molecule has 1 aromatic carbocycles. The summed E-state index contributed by atoms with van der Waals surface area (Å²) in [5.41, 5.74) is 1.63. The molecule has 0 unspecified atom stereocenters. The molecule has 0 fully saturated rings. The minimum Gasteiger partial charge on any atom is -0.238 e. The van der Waals surface area contributed by atoms with Gasteiger partial charge in [0, 0.05) is 5.02 Å². The summed E-state index contributed by atoms with van der Waals surface area (Å²) in [6, 6.07) is 5.29. The average Bonchev–Trinajstić information content (AvgIpc) is 1.85. The van der Waals surface area contributed by atoms with Crippen LogP contribution in [0.2, 0.25) is 5.02 Å². The Kier molecular flexibility index (Phi) is 1.94. The molecule has 0 N–H and O–H groups in total. The van der Waals surface area contributed by atoms with E-state index in [9.17, 15) is 0 Å². The van der Waals surface area contributed by atoms with Gasteiger partial charge in [0.2, 0.25) is 0 Å². The van der Waals surface area contributed by atoms with Gasteiger partial charge in [-0.3, -0.25) is 0 Å². The van der Waals surface area contributed by atoms with Gasteiger partial charge in [-0.1, -0.05) is 23.2 Å². The van der Waals surface area contributed by atoms with Gasteiger partial charge in [0.15, 0.2) is 5.69 Å². The Hall–Kier alpha value is -1.00. The smallest absolute Gasteiger partial charge is 0.188 e. The summed E-state index contributed by atoms with van der Waals surface area (Å²) in [7, 11) is 0. The summed E-state index contributed by atoms with van der Waals surface area (Å²) >= 11 is 5.69. The third kappa shape index (κ3) is 1.49. The Balaban J connectivity index is 3.22. The van der Waals surface area contributed by atoms with Gasteiger partial charge in [0.1, 0.15) is 0 Å². The van der Waals surface area contributed by atoms with Gasteiger partial charge in [-0.2, -0.15) is 0 Å². The van der Waals surface area contributed by atoms with Crippen molar-refractivity contribution >= 4 is 17.3 Å². The molecule has 10 heavy (non-hydrogen) atoms. The molecule has 0 aliphatic carbocycles. The van der Waals surface area contributed by atoms with Crippen LogP contribution in [0.5, 0.6) is 0 Å². The standard InChI is InChI=1S/C8H6ClN/c1-6-3-7(9)5-8(4-6)10-2/h3-5H,1H3. The first-order valence-electron chi connectivity index (χ1n) is 2.87. The van der Waals surface area contributed by atoms with Crippen molar-refractivity contribution in [2.75, 3.05) is 0 Å². The first kappa shape index (κ1) is 7.11. The quantitative estimate of drug-likeness (QED) is 0.502. The molecule has 0 heterocycles. The van der Waals surface area contributed by atoms with Crippen LogP contribution in [0.25, 0.3) is 4.85 Å². The molecule has 0 radical (unpaired) electrons. The molecule has 2 heteroatoms. The van der Waals surface area contributed by atoms with Gasteiger partial charge >= 0.3 is 0 Å². The summed E-state index contributed by atoms with van der Waals surface area (Å²) in [4.78, 5) is 3.26. The highest BCUT2D eigenvalue weighted by molar-refractivity contribution is 6.30. The Bertz CT molecular complexity index is 266. The van der Waals surface area contributed by atoms with E-state index >= 15 is 0 Å². The zero-order chi connectivity index (χ0) is 7.56. The van der Waals surface area contributed by atoms with Gasteiger partial charge < -0.3 is 0 Å². The van der Waals surface area contributed by atoms with E-state index in [0.29, 0.717) is 10.7 Å². The number of hydrogen-bond donors (Lipinski definition) is 0. The molecule has 0 saturated carbocycles. The summed E-state index contributed by atoms with van der Waals surface area (Å²) in [5.74, 6) is 0. The predicted octanol–water partition coefficient (Wildman–Crippen LogP) is 3.20. The molecule has 1 nitrogen and oxygen atoms in total. The highest BCUT2D eigenvalue weighted by atomic mass is 35.5. The lowest BCUT2D eigenvalue weighted by Crippen LogP contribution is -1.69. The third-order valence-electron chi connectivity index (χ3n) is 1.16. The average molecular weight is 152 g/mol. The van der Waals surface area contributed by atoms with Crippen LogP contribution in [-0.2, 0) is 0 Å². The lowest BCUT2D eigenvalue weighted by Gasteiger charge is -1.93. The van der Waals surface area contributed by atoms with Crippen molar-refractivity contribution in [2.45, 2.75) is 6.92 Å². The Morgan fingerprint density at radius 1 is 1.40 bits per heavy atom. The summed E-state index contributed by atoms with van der Waals surface area (Å²) in [6.07, 6.45) is 0. The second-order valence-electron chi connectivity index (χ2n) is 2.10. The van der Waals surface area contributed by atoms with Crippen LogP contribution in [0, 0.1) is 13.5 Å². The van der Waals surface area contributed by atoms with Gasteiger partial charge in [-0.05, 0) is 19.1 Å². The van der Waals surface area contributed by atoms with E-state index in [2.05, 4.69) is 4.85 Å². The van der Waals surface area contributed by atoms with Crippen molar-refractivity contribution < 1.29 is 0 Å². The maximum atomic E-state index is 6.70. The molecule has 0 aliphatic heterocycles. The van der Waals surface area contributed by atoms with Crippen LogP contribution in [0.3, 0.4) is 0 Å². The lowest BCUT2D eigenvalue weighted by atomic mass is 10.2. The Labute approximate surface area is 65.1 Å². The molecular weight excluding hydrogens is 146 g/mol. The fourth-order valence-electron chi connectivity index (χ4n) is 0.782. The van der Waals surface area contributed by atoms with Crippen molar-refractivity contribution in [3.05, 3.63) is 40.2 Å². The molecule has 0 bridgehead atoms. The zero-order valence-electron chi connectivity index (χ0n) is 5.56. The molecule has 0 atom stereocenters. The number of hydrogen-bond acceptors (Lipinski definition) is 0. The molecule has 0 aliphatic rings. The van der Waals surface area contributed by atoms with Gasteiger partial charge in [0.05, 0.1) is 6.57 Å². The molecular formula is C8H6ClN. The number of rotatable bonds is 0. The highest BCUT2D eigenvalue weighted by Gasteiger charge is 1.93. The third-order valence-corrected chi connectivity index (χ3v) is 1.37. The molecule has 1 aromatic rings. The van der Waals surface area contributed by atoms with Gasteiger partial charge in [0.25, 0.3) is 0 Å². The zero-order valence-corrected chi connectivity index (χ0v) is 6.31. The largest absolute Gasteiger partial charge is 0.238 e. The Morgan fingerprint density at radius 2 is 2.10 bits per heavy atom. The maximum absolute atomic E-state index is 6.70. The van der Waals surface area contributed by atoms with Crippen LogP contribution in [0.15, 0.2) is 18.2 Å². The molecule has 0 amide bonds. The van der Waals surface area contributed by atoms with E-state index < -0.39 is 0 Å². The van der Waals surface area contributed by atoms with Crippen molar-refractivity contribution in [1.82, 2.24) is 0 Å². The van der Waals surface area contributed by atoms with Gasteiger partial charge in [-0.15, -0.1) is 0 Å². The fraction of sp³-hybridized carbons (Fsp3) is 0.125. The summed E-state index contributed by atoms with van der Waals surface area (Å²) < 4.78 is 0. The normalized spacial score (nSPS) is 8.90. The minimum absolute atomic E-state index is 0.602. The molecule has 1 rings (SSSR count). The minimum atomic E-state index is 0.602. The van der Waals surface area contributed by atoms with Crippen molar-refractivity contribution in [1.29, 1.82) is 0 Å². The van der Waals surface area contributed by atoms with E-state index in [4.69, 9.17) is 18.2 Å². The number of benzene rings is 1. The van der Waals surface area contributed by atoms with E-state index in [1.807, 2.05) is 13.0 Å². The molecule has 0 spiro atoms. The predicted molar refractivity (Wildman–Crippen MR) is 42.5 cm³/mol. The van der Waals surface area contributed by atoms with E-state index in [1.165, 1.54) is 0 Å². The van der Waals surface area contributed by atoms with Crippen molar-refractivity contribution in [2.24, 2.45) is 0 Å². The van der Waals surface area contributed by atoms with Crippen LogP contribution in [0.4, 0.5) is 5.69 Å². The van der Waals surface area contributed by atoms with Crippen LogP contribution < -0.4 is 0 Å². The number of halogens is 1. The maximum Gasteiger partial charge on any atom is 0.188 e. The number of nitrogens with zero attached hydrogens (tertiary/aromatic N) is 1. The number of aryl methyl sites for hydroxylation is 1. The fourth-order valence-corrected chi connectivity index (χ4v) is 1.07. The topological polar surface area (TPSA) is 4.36 Å².